The first kappa shape index (κ1) is 28.9. The van der Waals surface area contributed by atoms with Crippen LogP contribution in [0, 0.1) is 11.8 Å². The molecule has 4 N–H and O–H groups in total. The van der Waals surface area contributed by atoms with E-state index < -0.39 is 18.2 Å². The van der Waals surface area contributed by atoms with E-state index in [1.165, 1.54) is 0 Å². The minimum atomic E-state index is -0.619. The van der Waals surface area contributed by atoms with Gasteiger partial charge in [0.05, 0.1) is 12.6 Å². The van der Waals surface area contributed by atoms with E-state index in [9.17, 15) is 14.4 Å². The van der Waals surface area contributed by atoms with Crippen LogP contribution in [0.15, 0.2) is 30.3 Å². The van der Waals surface area contributed by atoms with Crippen LogP contribution in [0.2, 0.25) is 0 Å². The summed E-state index contributed by atoms with van der Waals surface area (Å²) in [5.41, 5.74) is 6.86. The molecular weight excluding hydrogens is 444 g/mol. The van der Waals surface area contributed by atoms with Crippen molar-refractivity contribution in [3.05, 3.63) is 35.9 Å². The number of amides is 2. The molecule has 1 fully saturated rings. The number of hydrogen-bond donors (Lipinski definition) is 3. The molecule has 33 heavy (non-hydrogen) atoms. The molecule has 0 radical (unpaired) electrons. The van der Waals surface area contributed by atoms with Gasteiger partial charge in [0.1, 0.15) is 12.6 Å². The Morgan fingerprint density at radius 3 is 2.36 bits per heavy atom. The maximum atomic E-state index is 12.4. The Morgan fingerprint density at radius 2 is 1.76 bits per heavy atom. The lowest BCUT2D eigenvalue weighted by atomic mass is 10.0. The van der Waals surface area contributed by atoms with Gasteiger partial charge in [0.15, 0.2) is 5.78 Å². The first-order chi connectivity index (χ1) is 15.1. The van der Waals surface area contributed by atoms with Gasteiger partial charge in [0.25, 0.3) is 0 Å². The highest BCUT2D eigenvalue weighted by molar-refractivity contribution is 5.93. The Bertz CT molecular complexity index is 760. The molecule has 3 atom stereocenters. The van der Waals surface area contributed by atoms with E-state index in [1.807, 2.05) is 49.1 Å². The number of halogens is 1. The Kier molecular flexibility index (Phi) is 12.4. The van der Waals surface area contributed by atoms with Crippen LogP contribution < -0.4 is 16.4 Å². The topological polar surface area (TPSA) is 114 Å². The molecule has 2 rings (SSSR count). The second-order valence-corrected chi connectivity index (χ2v) is 9.49. The lowest BCUT2D eigenvalue weighted by molar-refractivity contribution is -0.127. The van der Waals surface area contributed by atoms with Crippen molar-refractivity contribution >= 4 is 30.2 Å². The number of ketones is 1. The van der Waals surface area contributed by atoms with E-state index in [2.05, 4.69) is 24.5 Å². The summed E-state index contributed by atoms with van der Waals surface area (Å²) in [4.78, 5) is 39.0. The van der Waals surface area contributed by atoms with Crippen LogP contribution in [0.4, 0.5) is 4.79 Å². The van der Waals surface area contributed by atoms with E-state index in [1.54, 1.807) is 0 Å². The minimum Gasteiger partial charge on any atom is -0.445 e. The van der Waals surface area contributed by atoms with Gasteiger partial charge in [-0.25, -0.2) is 4.79 Å². The summed E-state index contributed by atoms with van der Waals surface area (Å²) in [6.07, 6.45) is 0.845. The van der Waals surface area contributed by atoms with Gasteiger partial charge in [-0.05, 0) is 30.2 Å². The van der Waals surface area contributed by atoms with Crippen molar-refractivity contribution in [2.75, 3.05) is 19.6 Å². The van der Waals surface area contributed by atoms with E-state index in [0.29, 0.717) is 31.3 Å². The Hall–Kier alpha value is -2.16. The number of benzene rings is 1. The van der Waals surface area contributed by atoms with Crippen molar-refractivity contribution in [3.8, 4) is 0 Å². The second kappa shape index (κ2) is 14.2. The molecule has 0 bridgehead atoms. The number of ether oxygens (including phenoxy) is 1. The fourth-order valence-corrected chi connectivity index (χ4v) is 3.91. The molecule has 0 spiro atoms. The van der Waals surface area contributed by atoms with Crippen LogP contribution in [-0.2, 0) is 20.9 Å². The molecule has 0 aliphatic carbocycles. The Balaban J connectivity index is 0.00000544. The average Bonchev–Trinajstić information content (AvgIpc) is 3.04. The fourth-order valence-electron chi connectivity index (χ4n) is 3.91. The first-order valence-electron chi connectivity index (χ1n) is 11.4. The number of Topliss-reactive ketones (excluding diaryl/α,β-unsaturated/α-hetero) is 1. The summed E-state index contributed by atoms with van der Waals surface area (Å²) >= 11 is 0. The summed E-state index contributed by atoms with van der Waals surface area (Å²) < 4.78 is 5.35. The highest BCUT2D eigenvalue weighted by Crippen LogP contribution is 2.13. The highest BCUT2D eigenvalue weighted by Gasteiger charge is 2.34. The summed E-state index contributed by atoms with van der Waals surface area (Å²) in [5.74, 6) is 0.332. The number of likely N-dealkylation sites (tertiary alicyclic amines) is 1. The molecular formula is C24H39ClN4O4. The van der Waals surface area contributed by atoms with Gasteiger partial charge in [0.2, 0.25) is 5.91 Å². The number of nitrogens with two attached hydrogens (primary N) is 1. The molecule has 1 aromatic rings. The average molecular weight is 483 g/mol. The molecule has 9 heteroatoms. The van der Waals surface area contributed by atoms with Crippen LogP contribution in [0.3, 0.4) is 0 Å². The van der Waals surface area contributed by atoms with E-state index in [4.69, 9.17) is 10.5 Å². The van der Waals surface area contributed by atoms with Crippen LogP contribution in [0.5, 0.6) is 0 Å². The number of carbonyl (C=O) groups excluding carboxylic acids is 3. The predicted molar refractivity (Wildman–Crippen MR) is 131 cm³/mol. The van der Waals surface area contributed by atoms with Crippen LogP contribution in [0.25, 0.3) is 0 Å². The lowest BCUT2D eigenvalue weighted by Gasteiger charge is -2.25. The molecule has 2 amide bonds. The molecule has 1 aromatic carbocycles. The number of nitrogens with zero attached hydrogens (tertiary/aromatic N) is 1. The molecule has 1 aliphatic heterocycles. The molecule has 1 heterocycles. The third kappa shape index (κ3) is 10.5. The van der Waals surface area contributed by atoms with Crippen LogP contribution in [0.1, 0.15) is 46.1 Å². The van der Waals surface area contributed by atoms with Gasteiger partial charge in [-0.3, -0.25) is 14.5 Å². The number of rotatable bonds is 11. The fraction of sp³-hybridized carbons (Fsp3) is 0.625. The third-order valence-corrected chi connectivity index (χ3v) is 5.36. The maximum absolute atomic E-state index is 12.4. The Labute approximate surface area is 203 Å². The van der Waals surface area contributed by atoms with Crippen molar-refractivity contribution in [2.24, 2.45) is 17.6 Å². The standard InChI is InChI=1S/C24H38N4O4.ClH/c1-16(2)10-19(26-24(31)32-15-18-8-6-5-7-9-18)12-28-13-21(22(29)14-28)27-23(30)20(25)11-17(3)4;/h5-9,16-17,19-21H,10-15,25H2,1-4H3,(H,26,31)(H,27,30);1H/t19-,20-,21?;/m0./s1. The van der Waals surface area contributed by atoms with Gasteiger partial charge in [-0.15, -0.1) is 12.4 Å². The normalized spacial score (nSPS) is 18.0. The van der Waals surface area contributed by atoms with Gasteiger partial charge < -0.3 is 21.1 Å². The summed E-state index contributed by atoms with van der Waals surface area (Å²) in [6.45, 7) is 9.53. The first-order valence-corrected chi connectivity index (χ1v) is 11.4. The van der Waals surface area contributed by atoms with E-state index >= 15 is 0 Å². The SMILES string of the molecule is CC(C)C[C@@H](CN1CC(=O)C(NC(=O)[C@@H](N)CC(C)C)C1)NC(=O)OCc1ccccc1.Cl. The Morgan fingerprint density at radius 1 is 1.12 bits per heavy atom. The number of nitrogens with one attached hydrogen (secondary N) is 2. The largest absolute Gasteiger partial charge is 0.445 e. The monoisotopic (exact) mass is 482 g/mol. The van der Waals surface area contributed by atoms with Crippen molar-refractivity contribution in [1.29, 1.82) is 0 Å². The molecule has 8 nitrogen and oxygen atoms in total. The zero-order valence-electron chi connectivity index (χ0n) is 20.1. The van der Waals surface area contributed by atoms with E-state index in [0.717, 1.165) is 12.0 Å². The summed E-state index contributed by atoms with van der Waals surface area (Å²) in [7, 11) is 0. The van der Waals surface area contributed by atoms with Gasteiger partial charge in [0, 0.05) is 19.1 Å². The van der Waals surface area contributed by atoms with Gasteiger partial charge in [-0.2, -0.15) is 0 Å². The smallest absolute Gasteiger partial charge is 0.407 e. The molecule has 1 saturated heterocycles. The molecule has 0 aromatic heterocycles. The summed E-state index contributed by atoms with van der Waals surface area (Å²) in [6, 6.07) is 8.15. The van der Waals surface area contributed by atoms with E-state index in [-0.39, 0.29) is 43.3 Å². The van der Waals surface area contributed by atoms with Crippen molar-refractivity contribution in [2.45, 2.75) is 65.3 Å². The van der Waals surface area contributed by atoms with Crippen molar-refractivity contribution < 1.29 is 19.1 Å². The maximum Gasteiger partial charge on any atom is 0.407 e. The van der Waals surface area contributed by atoms with Gasteiger partial charge >= 0.3 is 6.09 Å². The molecule has 186 valence electrons. The van der Waals surface area contributed by atoms with Crippen LogP contribution in [-0.4, -0.2) is 60.4 Å². The quantitative estimate of drug-likeness (QED) is 0.446. The lowest BCUT2D eigenvalue weighted by Crippen LogP contribution is -2.49. The van der Waals surface area contributed by atoms with Crippen molar-refractivity contribution in [3.63, 3.8) is 0 Å². The van der Waals surface area contributed by atoms with Crippen LogP contribution >= 0.6 is 12.4 Å². The minimum absolute atomic E-state index is 0. The number of alkyl carbamates (subject to hydrolysis) is 1. The zero-order valence-corrected chi connectivity index (χ0v) is 20.9. The van der Waals surface area contributed by atoms with Crippen molar-refractivity contribution in [1.82, 2.24) is 15.5 Å². The molecule has 1 unspecified atom stereocenters. The summed E-state index contributed by atoms with van der Waals surface area (Å²) in [5, 5.41) is 5.72. The zero-order chi connectivity index (χ0) is 23.7. The number of hydrogen-bond acceptors (Lipinski definition) is 6. The molecule has 1 aliphatic rings. The molecule has 0 saturated carbocycles. The predicted octanol–water partition coefficient (Wildman–Crippen LogP) is 2.49. The van der Waals surface area contributed by atoms with Gasteiger partial charge in [-0.1, -0.05) is 58.0 Å². The number of carbonyl (C=O) groups is 3. The third-order valence-electron chi connectivity index (χ3n) is 5.36. The highest BCUT2D eigenvalue weighted by atomic mass is 35.5. The second-order valence-electron chi connectivity index (χ2n) is 9.49.